The summed E-state index contributed by atoms with van der Waals surface area (Å²) < 4.78 is 9.91. The maximum atomic E-state index is 11.6. The number of anilines is 1. The number of hydrogen-bond acceptors (Lipinski definition) is 6. The van der Waals surface area contributed by atoms with Crippen molar-refractivity contribution < 1.29 is 19.2 Å². The number of nitro groups is 1. The minimum absolute atomic E-state index is 0.0793. The molecule has 7 heteroatoms. The standard InChI is InChI=1S/C14H18N2O5/c1-9-11(14(17)20-2)3-4-12(13(9)16(18)19)15-10-5-7-21-8-6-10/h3-4,10,15H,5-8H2,1-2H3. The number of ether oxygens (including phenoxy) is 2. The lowest BCUT2D eigenvalue weighted by molar-refractivity contribution is -0.384. The van der Waals surface area contributed by atoms with Crippen molar-refractivity contribution in [3.05, 3.63) is 33.4 Å². The van der Waals surface area contributed by atoms with Gasteiger partial charge in [0.2, 0.25) is 0 Å². The van der Waals surface area contributed by atoms with E-state index in [9.17, 15) is 14.9 Å². The van der Waals surface area contributed by atoms with Crippen LogP contribution in [0, 0.1) is 17.0 Å². The molecule has 0 amide bonds. The lowest BCUT2D eigenvalue weighted by atomic mass is 10.0. The van der Waals surface area contributed by atoms with Crippen molar-refractivity contribution in [2.45, 2.75) is 25.8 Å². The van der Waals surface area contributed by atoms with Crippen molar-refractivity contribution in [2.24, 2.45) is 0 Å². The Bertz CT molecular complexity index is 553. The summed E-state index contributed by atoms with van der Waals surface area (Å²) in [6.45, 7) is 2.84. The number of carbonyl (C=O) groups excluding carboxylic acids is 1. The van der Waals surface area contributed by atoms with E-state index in [1.54, 1.807) is 19.1 Å². The molecule has 1 aliphatic heterocycles. The van der Waals surface area contributed by atoms with Crippen LogP contribution in [0.25, 0.3) is 0 Å². The van der Waals surface area contributed by atoms with E-state index in [4.69, 9.17) is 4.74 Å². The van der Waals surface area contributed by atoms with Gasteiger partial charge in [-0.05, 0) is 31.9 Å². The number of nitrogens with one attached hydrogen (secondary N) is 1. The molecule has 0 radical (unpaired) electrons. The van der Waals surface area contributed by atoms with Gasteiger partial charge in [0.15, 0.2) is 0 Å². The fourth-order valence-electron chi connectivity index (χ4n) is 2.44. The van der Waals surface area contributed by atoms with Crippen LogP contribution in [0.15, 0.2) is 12.1 Å². The molecule has 0 unspecified atom stereocenters. The highest BCUT2D eigenvalue weighted by Gasteiger charge is 2.25. The Morgan fingerprint density at radius 1 is 1.43 bits per heavy atom. The summed E-state index contributed by atoms with van der Waals surface area (Å²) in [7, 11) is 1.25. The molecule has 1 fully saturated rings. The molecule has 2 rings (SSSR count). The number of hydrogen-bond donors (Lipinski definition) is 1. The number of nitro benzene ring substituents is 1. The van der Waals surface area contributed by atoms with Crippen molar-refractivity contribution in [1.82, 2.24) is 0 Å². The Morgan fingerprint density at radius 3 is 2.67 bits per heavy atom. The molecule has 1 saturated heterocycles. The molecule has 0 bridgehead atoms. The minimum atomic E-state index is -0.576. The third kappa shape index (κ3) is 3.30. The highest BCUT2D eigenvalue weighted by atomic mass is 16.6. The molecule has 0 spiro atoms. The van der Waals surface area contributed by atoms with E-state index < -0.39 is 10.9 Å². The molecule has 1 N–H and O–H groups in total. The zero-order chi connectivity index (χ0) is 15.4. The Balaban J connectivity index is 2.34. The van der Waals surface area contributed by atoms with Crippen LogP contribution in [0.5, 0.6) is 0 Å². The largest absolute Gasteiger partial charge is 0.465 e. The van der Waals surface area contributed by atoms with E-state index in [1.165, 1.54) is 7.11 Å². The molecular formula is C14H18N2O5. The van der Waals surface area contributed by atoms with Crippen LogP contribution in [0.3, 0.4) is 0 Å². The molecule has 1 heterocycles. The van der Waals surface area contributed by atoms with Gasteiger partial charge < -0.3 is 14.8 Å². The molecular weight excluding hydrogens is 276 g/mol. The molecule has 0 atom stereocenters. The van der Waals surface area contributed by atoms with Crippen LogP contribution in [0.1, 0.15) is 28.8 Å². The Labute approximate surface area is 122 Å². The highest BCUT2D eigenvalue weighted by molar-refractivity contribution is 5.93. The van der Waals surface area contributed by atoms with Crippen LogP contribution < -0.4 is 5.32 Å². The van der Waals surface area contributed by atoms with Gasteiger partial charge in [0.1, 0.15) is 5.69 Å². The summed E-state index contributed by atoms with van der Waals surface area (Å²) >= 11 is 0. The number of carbonyl (C=O) groups is 1. The summed E-state index contributed by atoms with van der Waals surface area (Å²) in [4.78, 5) is 22.5. The number of benzene rings is 1. The summed E-state index contributed by atoms with van der Waals surface area (Å²) in [5.74, 6) is -0.576. The van der Waals surface area contributed by atoms with Crippen LogP contribution >= 0.6 is 0 Å². The normalized spacial score (nSPS) is 15.5. The molecule has 0 aliphatic carbocycles. The Kier molecular flexibility index (Phi) is 4.74. The third-order valence-electron chi connectivity index (χ3n) is 3.60. The molecule has 7 nitrogen and oxygen atoms in total. The van der Waals surface area contributed by atoms with Crippen molar-refractivity contribution in [2.75, 3.05) is 25.6 Å². The van der Waals surface area contributed by atoms with Crippen LogP contribution in [-0.2, 0) is 9.47 Å². The quantitative estimate of drug-likeness (QED) is 0.520. The topological polar surface area (TPSA) is 90.7 Å². The molecule has 21 heavy (non-hydrogen) atoms. The second-order valence-electron chi connectivity index (χ2n) is 4.91. The summed E-state index contributed by atoms with van der Waals surface area (Å²) in [5.41, 5.74) is 0.868. The van der Waals surface area contributed by atoms with Crippen molar-refractivity contribution in [3.63, 3.8) is 0 Å². The highest BCUT2D eigenvalue weighted by Crippen LogP contribution is 2.32. The van der Waals surface area contributed by atoms with Gasteiger partial charge in [-0.1, -0.05) is 0 Å². The van der Waals surface area contributed by atoms with Crippen LogP contribution in [-0.4, -0.2) is 37.3 Å². The minimum Gasteiger partial charge on any atom is -0.465 e. The van der Waals surface area contributed by atoms with Gasteiger partial charge in [-0.15, -0.1) is 0 Å². The first-order valence-electron chi connectivity index (χ1n) is 6.75. The predicted molar refractivity (Wildman–Crippen MR) is 76.6 cm³/mol. The van der Waals surface area contributed by atoms with Gasteiger partial charge in [-0.3, -0.25) is 10.1 Å². The SMILES string of the molecule is COC(=O)c1ccc(NC2CCOCC2)c([N+](=O)[O-])c1C. The first-order chi connectivity index (χ1) is 10.0. The first-order valence-corrected chi connectivity index (χ1v) is 6.75. The maximum absolute atomic E-state index is 11.6. The van der Waals surface area contributed by atoms with Gasteiger partial charge in [-0.25, -0.2) is 4.79 Å². The van der Waals surface area contributed by atoms with E-state index in [0.29, 0.717) is 24.5 Å². The van der Waals surface area contributed by atoms with E-state index in [2.05, 4.69) is 10.1 Å². The maximum Gasteiger partial charge on any atom is 0.338 e. The molecule has 0 saturated carbocycles. The van der Waals surface area contributed by atoms with Gasteiger partial charge in [0.25, 0.3) is 5.69 Å². The number of nitrogens with zero attached hydrogens (tertiary/aromatic N) is 1. The third-order valence-corrected chi connectivity index (χ3v) is 3.60. The van der Waals surface area contributed by atoms with Crippen LogP contribution in [0.2, 0.25) is 0 Å². The van der Waals surface area contributed by atoms with Crippen molar-refractivity contribution in [3.8, 4) is 0 Å². The molecule has 114 valence electrons. The summed E-state index contributed by atoms with van der Waals surface area (Å²) in [5, 5.41) is 14.5. The molecule has 1 aromatic rings. The Hall–Kier alpha value is -2.15. The van der Waals surface area contributed by atoms with Crippen LogP contribution in [0.4, 0.5) is 11.4 Å². The number of rotatable bonds is 4. The molecule has 0 aromatic heterocycles. The lowest BCUT2D eigenvalue weighted by Gasteiger charge is -2.24. The summed E-state index contributed by atoms with van der Waals surface area (Å²) in [6.07, 6.45) is 1.60. The second-order valence-corrected chi connectivity index (χ2v) is 4.91. The smallest absolute Gasteiger partial charge is 0.338 e. The van der Waals surface area contributed by atoms with E-state index in [1.807, 2.05) is 0 Å². The van der Waals surface area contributed by atoms with E-state index in [-0.39, 0.29) is 17.3 Å². The van der Waals surface area contributed by atoms with Crippen molar-refractivity contribution in [1.29, 1.82) is 0 Å². The van der Waals surface area contributed by atoms with Gasteiger partial charge in [0, 0.05) is 24.8 Å². The van der Waals surface area contributed by atoms with E-state index >= 15 is 0 Å². The number of methoxy groups -OCH3 is 1. The average Bonchev–Trinajstić information content (AvgIpc) is 2.47. The second kappa shape index (κ2) is 6.53. The average molecular weight is 294 g/mol. The predicted octanol–water partition coefficient (Wildman–Crippen LogP) is 2.28. The number of esters is 1. The zero-order valence-electron chi connectivity index (χ0n) is 12.0. The zero-order valence-corrected chi connectivity index (χ0v) is 12.0. The van der Waals surface area contributed by atoms with Gasteiger partial charge in [0.05, 0.1) is 17.6 Å². The summed E-state index contributed by atoms with van der Waals surface area (Å²) in [6, 6.07) is 3.25. The van der Waals surface area contributed by atoms with Crippen molar-refractivity contribution >= 4 is 17.3 Å². The Morgan fingerprint density at radius 2 is 2.10 bits per heavy atom. The fourth-order valence-corrected chi connectivity index (χ4v) is 2.44. The lowest BCUT2D eigenvalue weighted by Crippen LogP contribution is -2.28. The molecule has 1 aliphatic rings. The van der Waals surface area contributed by atoms with E-state index in [0.717, 1.165) is 12.8 Å². The first kappa shape index (κ1) is 15.2. The fraction of sp³-hybridized carbons (Fsp3) is 0.500. The van der Waals surface area contributed by atoms with Gasteiger partial charge >= 0.3 is 5.97 Å². The monoisotopic (exact) mass is 294 g/mol. The van der Waals surface area contributed by atoms with Gasteiger partial charge in [-0.2, -0.15) is 0 Å². The molecule has 1 aromatic carbocycles.